The van der Waals surface area contributed by atoms with Gasteiger partial charge in [-0.25, -0.2) is 13.5 Å². The summed E-state index contributed by atoms with van der Waals surface area (Å²) in [6.45, 7) is 3.34. The zero-order valence-electron chi connectivity index (χ0n) is 17.2. The summed E-state index contributed by atoms with van der Waals surface area (Å²) in [7, 11) is -5.89. The van der Waals surface area contributed by atoms with Crippen molar-refractivity contribution in [1.29, 1.82) is 0 Å². The molecule has 0 radical (unpaired) electrons. The number of alkyl halides is 3. The highest BCUT2D eigenvalue weighted by Gasteiger charge is 2.48. The number of amides is 2. The minimum atomic E-state index is -5.89. The van der Waals surface area contributed by atoms with E-state index in [1.807, 2.05) is 0 Å². The summed E-state index contributed by atoms with van der Waals surface area (Å²) < 4.78 is 92.1. The van der Waals surface area contributed by atoms with Crippen molar-refractivity contribution in [3.63, 3.8) is 0 Å². The maximum absolute atomic E-state index is 13.5. The highest BCUT2D eigenvalue weighted by atomic mass is 32.2. The molecule has 2 aliphatic heterocycles. The summed E-state index contributed by atoms with van der Waals surface area (Å²) in [6, 6.07) is 1.97. The van der Waals surface area contributed by atoms with Gasteiger partial charge in [0.2, 0.25) is 5.91 Å². The molecule has 2 heterocycles. The van der Waals surface area contributed by atoms with E-state index in [0.717, 1.165) is 16.9 Å². The third-order valence-corrected chi connectivity index (χ3v) is 6.11. The maximum atomic E-state index is 13.5. The molecule has 34 heavy (non-hydrogen) atoms. The molecule has 9 nitrogen and oxygen atoms in total. The Morgan fingerprint density at radius 2 is 1.88 bits per heavy atom. The average Bonchev–Trinajstić information content (AvgIpc) is 3.34. The first-order valence-corrected chi connectivity index (χ1v) is 11.1. The van der Waals surface area contributed by atoms with E-state index in [0.29, 0.717) is 6.07 Å². The molecule has 0 spiro atoms. The number of hydrogen-bond donors (Lipinski definition) is 2. The zero-order chi connectivity index (χ0) is 25.3. The van der Waals surface area contributed by atoms with Gasteiger partial charge in [0.25, 0.3) is 5.91 Å². The summed E-state index contributed by atoms with van der Waals surface area (Å²) in [5.74, 6) is -3.79. The van der Waals surface area contributed by atoms with Crippen LogP contribution >= 0.6 is 0 Å². The van der Waals surface area contributed by atoms with Crippen molar-refractivity contribution in [1.82, 2.24) is 10.0 Å². The fourth-order valence-corrected chi connectivity index (χ4v) is 3.87. The molecule has 0 unspecified atom stereocenters. The largest absolute Gasteiger partial charge is 0.516 e. The molecule has 0 aliphatic carbocycles. The van der Waals surface area contributed by atoms with Gasteiger partial charge in [-0.3, -0.25) is 9.59 Å². The SMILES string of the molecule is C=C[C@@]1(CC(=O)N[C@H]2CO[C@@H](C(=O)NS(=O)(=O)C(F)(F)F)C2)CC(c2cc(F)cc(F)c2)=NO1. The molecule has 0 saturated carbocycles. The van der Waals surface area contributed by atoms with Crippen LogP contribution in [0.5, 0.6) is 0 Å². The van der Waals surface area contributed by atoms with Crippen LogP contribution < -0.4 is 10.0 Å². The van der Waals surface area contributed by atoms with Crippen molar-refractivity contribution in [3.05, 3.63) is 48.1 Å². The molecular weight excluding hydrogens is 493 g/mol. The zero-order valence-corrected chi connectivity index (χ0v) is 18.0. The van der Waals surface area contributed by atoms with Crippen LogP contribution in [0.4, 0.5) is 22.0 Å². The van der Waals surface area contributed by atoms with Crippen molar-refractivity contribution >= 4 is 27.5 Å². The third-order valence-electron chi connectivity index (χ3n) is 5.03. The van der Waals surface area contributed by atoms with Crippen molar-refractivity contribution in [3.8, 4) is 0 Å². The van der Waals surface area contributed by atoms with Crippen LogP contribution in [0.15, 0.2) is 36.0 Å². The van der Waals surface area contributed by atoms with Crippen LogP contribution in [0, 0.1) is 11.6 Å². The number of nitrogens with zero attached hydrogens (tertiary/aromatic N) is 1. The van der Waals surface area contributed by atoms with Crippen molar-refractivity contribution in [2.24, 2.45) is 5.16 Å². The number of sulfonamides is 1. The number of halogens is 5. The molecule has 15 heteroatoms. The van der Waals surface area contributed by atoms with E-state index in [4.69, 9.17) is 9.57 Å². The summed E-state index contributed by atoms with van der Waals surface area (Å²) in [5.41, 5.74) is -6.71. The van der Waals surface area contributed by atoms with Crippen LogP contribution in [0.1, 0.15) is 24.8 Å². The van der Waals surface area contributed by atoms with Crippen LogP contribution in [0.25, 0.3) is 0 Å². The first-order chi connectivity index (χ1) is 15.7. The number of oxime groups is 1. The number of nitrogens with one attached hydrogen (secondary N) is 2. The number of ether oxygens (including phenoxy) is 1. The second kappa shape index (κ2) is 9.29. The van der Waals surface area contributed by atoms with Crippen molar-refractivity contribution in [2.75, 3.05) is 6.61 Å². The molecule has 3 rings (SSSR count). The normalized spacial score (nSPS) is 24.8. The number of benzene rings is 1. The van der Waals surface area contributed by atoms with Gasteiger partial charge in [0, 0.05) is 24.5 Å². The highest BCUT2D eigenvalue weighted by Crippen LogP contribution is 2.32. The topological polar surface area (TPSA) is 123 Å². The number of carbonyl (C=O) groups excluding carboxylic acids is 2. The molecule has 2 N–H and O–H groups in total. The molecule has 1 aromatic carbocycles. The monoisotopic (exact) mass is 511 g/mol. The van der Waals surface area contributed by atoms with E-state index in [1.54, 1.807) is 0 Å². The molecule has 1 aromatic rings. The van der Waals surface area contributed by atoms with Crippen molar-refractivity contribution in [2.45, 2.75) is 42.5 Å². The predicted octanol–water partition coefficient (Wildman–Crippen LogP) is 1.64. The summed E-state index contributed by atoms with van der Waals surface area (Å²) >= 11 is 0. The van der Waals surface area contributed by atoms with Crippen LogP contribution in [-0.4, -0.2) is 55.8 Å². The van der Waals surface area contributed by atoms with Gasteiger partial charge in [-0.2, -0.15) is 21.6 Å². The number of rotatable bonds is 7. The van der Waals surface area contributed by atoms with E-state index in [-0.39, 0.29) is 37.1 Å². The van der Waals surface area contributed by atoms with Crippen LogP contribution in [-0.2, 0) is 29.2 Å². The van der Waals surface area contributed by atoms with E-state index >= 15 is 0 Å². The molecule has 2 amide bonds. The van der Waals surface area contributed by atoms with Crippen molar-refractivity contribution < 1.29 is 49.5 Å². The lowest BCUT2D eigenvalue weighted by molar-refractivity contribution is -0.128. The second-order valence-electron chi connectivity index (χ2n) is 7.65. The lowest BCUT2D eigenvalue weighted by atomic mass is 9.90. The molecule has 3 atom stereocenters. The first-order valence-electron chi connectivity index (χ1n) is 9.62. The Morgan fingerprint density at radius 3 is 2.47 bits per heavy atom. The Bertz CT molecular complexity index is 1120. The summed E-state index contributed by atoms with van der Waals surface area (Å²) in [6.07, 6.45) is -0.888. The van der Waals surface area contributed by atoms with Crippen LogP contribution in [0.2, 0.25) is 0 Å². The number of carbonyl (C=O) groups is 2. The Kier molecular flexibility index (Phi) is 6.98. The Hall–Kier alpha value is -3.07. The average molecular weight is 511 g/mol. The second-order valence-corrected chi connectivity index (χ2v) is 9.32. The standard InChI is InChI=1S/C19H18F5N3O6S/c1-2-18(7-14(26-33-18)10-3-11(20)5-12(21)4-10)8-16(28)25-13-6-15(32-9-13)17(29)27-34(30,31)19(22,23)24/h2-5,13,15H,1,6-9H2,(H,25,28)(H,27,29)/t13-,15-,18+/m1/s1. The molecule has 0 aromatic heterocycles. The fraction of sp³-hybridized carbons (Fsp3) is 0.421. The van der Waals surface area contributed by atoms with Gasteiger partial charge in [-0.1, -0.05) is 11.7 Å². The molecule has 1 saturated heterocycles. The van der Waals surface area contributed by atoms with Gasteiger partial charge in [0.15, 0.2) is 5.60 Å². The summed E-state index contributed by atoms with van der Waals surface area (Å²) in [4.78, 5) is 29.6. The Morgan fingerprint density at radius 1 is 1.24 bits per heavy atom. The Labute approximate surface area is 190 Å². The van der Waals surface area contributed by atoms with Gasteiger partial charge < -0.3 is 14.9 Å². The quantitative estimate of drug-likeness (QED) is 0.424. The molecule has 0 bridgehead atoms. The van der Waals surface area contributed by atoms with E-state index in [1.165, 1.54) is 6.08 Å². The van der Waals surface area contributed by atoms with Gasteiger partial charge in [0.05, 0.1) is 24.8 Å². The first kappa shape index (κ1) is 25.6. The third kappa shape index (κ3) is 5.70. The molecule has 2 aliphatic rings. The smallest absolute Gasteiger partial charge is 0.384 e. The fourth-order valence-electron chi connectivity index (χ4n) is 3.36. The predicted molar refractivity (Wildman–Crippen MR) is 106 cm³/mol. The lowest BCUT2D eigenvalue weighted by Crippen LogP contribution is -2.45. The Balaban J connectivity index is 1.55. The molecule has 1 fully saturated rings. The minimum Gasteiger partial charge on any atom is -0.384 e. The minimum absolute atomic E-state index is 0.0334. The van der Waals surface area contributed by atoms with Gasteiger partial charge in [-0.05, 0) is 18.2 Å². The summed E-state index contributed by atoms with van der Waals surface area (Å²) in [5, 5.41) is 6.29. The molecule has 186 valence electrons. The van der Waals surface area contributed by atoms with Gasteiger partial charge >= 0.3 is 15.5 Å². The van der Waals surface area contributed by atoms with Gasteiger partial charge in [-0.15, -0.1) is 0 Å². The molecular formula is C19H18F5N3O6S. The maximum Gasteiger partial charge on any atom is 0.516 e. The number of hydrogen-bond acceptors (Lipinski definition) is 7. The van der Waals surface area contributed by atoms with Gasteiger partial charge in [0.1, 0.15) is 17.7 Å². The van der Waals surface area contributed by atoms with E-state index < -0.39 is 56.7 Å². The van der Waals surface area contributed by atoms with E-state index in [9.17, 15) is 40.0 Å². The van der Waals surface area contributed by atoms with Crippen LogP contribution in [0.3, 0.4) is 0 Å². The lowest BCUT2D eigenvalue weighted by Gasteiger charge is -2.22. The van der Waals surface area contributed by atoms with E-state index in [2.05, 4.69) is 17.1 Å². The highest BCUT2D eigenvalue weighted by molar-refractivity contribution is 7.90.